The molecule has 5 rings (SSSR count). The van der Waals surface area contributed by atoms with Gasteiger partial charge in [0.15, 0.2) is 0 Å². The van der Waals surface area contributed by atoms with Gasteiger partial charge in [-0.2, -0.15) is 13.2 Å². The summed E-state index contributed by atoms with van der Waals surface area (Å²) in [5.74, 6) is -0.376. The summed E-state index contributed by atoms with van der Waals surface area (Å²) in [6.07, 6.45) is -3.06. The zero-order chi connectivity index (χ0) is 29.1. The van der Waals surface area contributed by atoms with Gasteiger partial charge in [-0.1, -0.05) is 48.5 Å². The summed E-state index contributed by atoms with van der Waals surface area (Å²) in [6.45, 7) is 3.80. The number of anilines is 1. The van der Waals surface area contributed by atoms with E-state index < -0.39 is 29.8 Å². The first-order valence-corrected chi connectivity index (χ1v) is 13.9. The van der Waals surface area contributed by atoms with Crippen LogP contribution in [0.25, 0.3) is 0 Å². The molecule has 216 valence electrons. The third-order valence-electron chi connectivity index (χ3n) is 8.28. The molecule has 3 aromatic carbocycles. The smallest absolute Gasteiger partial charge is 0.391 e. The van der Waals surface area contributed by atoms with Crippen LogP contribution in [0.3, 0.4) is 0 Å². The van der Waals surface area contributed by atoms with E-state index in [0.717, 1.165) is 30.0 Å². The molecule has 0 aliphatic carbocycles. The molecule has 2 amide bonds. The number of aliphatic hydroxyl groups excluding tert-OH is 1. The summed E-state index contributed by atoms with van der Waals surface area (Å²) in [7, 11) is 0. The fraction of sp³-hybridized carbons (Fsp3) is 0.375. The van der Waals surface area contributed by atoms with Crippen molar-refractivity contribution in [3.05, 3.63) is 101 Å². The minimum absolute atomic E-state index is 0.0179. The predicted molar refractivity (Wildman–Crippen MR) is 150 cm³/mol. The molecule has 0 aromatic heterocycles. The summed E-state index contributed by atoms with van der Waals surface area (Å²) in [5.41, 5.74) is 1.74. The zero-order valence-corrected chi connectivity index (χ0v) is 22.9. The van der Waals surface area contributed by atoms with Crippen molar-refractivity contribution < 1.29 is 27.9 Å². The van der Waals surface area contributed by atoms with Gasteiger partial charge >= 0.3 is 6.18 Å². The molecule has 6 nitrogen and oxygen atoms in total. The molecule has 2 aliphatic rings. The van der Waals surface area contributed by atoms with E-state index in [4.69, 9.17) is 0 Å². The summed E-state index contributed by atoms with van der Waals surface area (Å²) in [5, 5.41) is 13.3. The second kappa shape index (κ2) is 12.0. The van der Waals surface area contributed by atoms with Crippen LogP contribution < -0.4 is 5.32 Å². The molecule has 0 spiro atoms. The highest BCUT2D eigenvalue weighted by atomic mass is 19.4. The Balaban J connectivity index is 1.17. The van der Waals surface area contributed by atoms with Crippen molar-refractivity contribution in [3.63, 3.8) is 0 Å². The second-order valence-electron chi connectivity index (χ2n) is 10.9. The molecule has 2 aliphatic heterocycles. The molecule has 2 N–H and O–H groups in total. The molecule has 2 fully saturated rings. The van der Waals surface area contributed by atoms with Gasteiger partial charge in [0.05, 0.1) is 11.7 Å². The first-order valence-electron chi connectivity index (χ1n) is 13.9. The SMILES string of the molecule is Cc1c(C(=O)Nc2ccc(C3CCN(C(=O)[C@@H]4[C@@H](O)CCN4Cc4ccccc4)CC3)cc2)cccc1C(F)(F)F. The van der Waals surface area contributed by atoms with Crippen LogP contribution in [0.2, 0.25) is 0 Å². The fourth-order valence-electron chi connectivity index (χ4n) is 6.00. The molecule has 2 heterocycles. The minimum Gasteiger partial charge on any atom is -0.391 e. The van der Waals surface area contributed by atoms with Crippen molar-refractivity contribution in [1.82, 2.24) is 9.80 Å². The Kier molecular flexibility index (Phi) is 8.47. The van der Waals surface area contributed by atoms with Crippen LogP contribution in [0.5, 0.6) is 0 Å². The molecule has 2 atom stereocenters. The summed E-state index contributed by atoms with van der Waals surface area (Å²) in [6, 6.07) is 20.4. The van der Waals surface area contributed by atoms with Crippen molar-refractivity contribution in [3.8, 4) is 0 Å². The lowest BCUT2D eigenvalue weighted by Gasteiger charge is -2.36. The van der Waals surface area contributed by atoms with Gasteiger partial charge in [0, 0.05) is 37.4 Å². The number of amides is 2. The Labute approximate surface area is 237 Å². The Hall–Kier alpha value is -3.69. The van der Waals surface area contributed by atoms with Crippen LogP contribution >= 0.6 is 0 Å². The normalized spacial score (nSPS) is 20.3. The zero-order valence-electron chi connectivity index (χ0n) is 22.9. The number of carbonyl (C=O) groups is 2. The molecular formula is C32H34F3N3O3. The van der Waals surface area contributed by atoms with Gasteiger partial charge < -0.3 is 15.3 Å². The molecule has 0 unspecified atom stereocenters. The van der Waals surface area contributed by atoms with Crippen molar-refractivity contribution in [1.29, 1.82) is 0 Å². The number of alkyl halides is 3. The van der Waals surface area contributed by atoms with Crippen molar-refractivity contribution in [2.24, 2.45) is 0 Å². The van der Waals surface area contributed by atoms with E-state index in [1.165, 1.54) is 19.1 Å². The van der Waals surface area contributed by atoms with Gasteiger partial charge in [0.2, 0.25) is 5.91 Å². The van der Waals surface area contributed by atoms with Gasteiger partial charge in [0.25, 0.3) is 5.91 Å². The molecule has 0 radical (unpaired) electrons. The quantitative estimate of drug-likeness (QED) is 0.408. The first-order chi connectivity index (χ1) is 19.6. The number of carbonyl (C=O) groups excluding carboxylic acids is 2. The summed E-state index contributed by atoms with van der Waals surface area (Å²) in [4.78, 5) is 30.1. The van der Waals surface area contributed by atoms with Gasteiger partial charge in [-0.15, -0.1) is 0 Å². The van der Waals surface area contributed by atoms with Gasteiger partial charge in [-0.25, -0.2) is 0 Å². The van der Waals surface area contributed by atoms with E-state index in [1.807, 2.05) is 47.4 Å². The largest absolute Gasteiger partial charge is 0.416 e. The number of rotatable bonds is 6. The second-order valence-corrected chi connectivity index (χ2v) is 10.9. The van der Waals surface area contributed by atoms with Crippen LogP contribution in [-0.4, -0.2) is 58.5 Å². The molecule has 9 heteroatoms. The van der Waals surface area contributed by atoms with E-state index in [9.17, 15) is 27.9 Å². The number of aliphatic hydroxyl groups is 1. The number of nitrogens with one attached hydrogen (secondary N) is 1. The Morgan fingerprint density at radius 1 is 0.902 bits per heavy atom. The number of nitrogens with zero attached hydrogens (tertiary/aromatic N) is 2. The lowest BCUT2D eigenvalue weighted by atomic mass is 9.89. The fourth-order valence-corrected chi connectivity index (χ4v) is 6.00. The number of likely N-dealkylation sites (tertiary alicyclic amines) is 2. The maximum absolute atomic E-state index is 13.4. The standard InChI is InChI=1S/C32H34F3N3O3/c1-21-26(8-5-9-27(21)32(33,34)35)30(40)36-25-12-10-23(11-13-25)24-14-17-37(18-15-24)31(41)29-28(39)16-19-38(29)20-22-6-3-2-4-7-22/h2-13,24,28-29,39H,14-20H2,1H3,(H,36,40)/t28-,29-/m0/s1. The molecule has 41 heavy (non-hydrogen) atoms. The number of hydrogen-bond acceptors (Lipinski definition) is 4. The average Bonchev–Trinajstić information content (AvgIpc) is 3.32. The van der Waals surface area contributed by atoms with Crippen molar-refractivity contribution in [2.45, 2.75) is 57.0 Å². The summed E-state index contributed by atoms with van der Waals surface area (Å²) < 4.78 is 39.7. The van der Waals surface area contributed by atoms with Crippen molar-refractivity contribution in [2.75, 3.05) is 25.0 Å². The molecule has 2 saturated heterocycles. The molecule has 0 bridgehead atoms. The van der Waals surface area contributed by atoms with E-state index in [-0.39, 0.29) is 23.0 Å². The molecule has 3 aromatic rings. The molecular weight excluding hydrogens is 531 g/mol. The maximum atomic E-state index is 13.4. The maximum Gasteiger partial charge on any atom is 0.416 e. The van der Waals surface area contributed by atoms with Crippen LogP contribution in [0, 0.1) is 6.92 Å². The highest BCUT2D eigenvalue weighted by Crippen LogP contribution is 2.34. The van der Waals surface area contributed by atoms with Gasteiger partial charge in [-0.05, 0) is 73.1 Å². The lowest BCUT2D eigenvalue weighted by Crippen LogP contribution is -2.51. The Morgan fingerprint density at radius 3 is 2.24 bits per heavy atom. The average molecular weight is 566 g/mol. The number of piperidine rings is 1. The Bertz CT molecular complexity index is 1370. The summed E-state index contributed by atoms with van der Waals surface area (Å²) >= 11 is 0. The van der Waals surface area contributed by atoms with E-state index in [2.05, 4.69) is 10.2 Å². The highest BCUT2D eigenvalue weighted by Gasteiger charge is 2.41. The van der Waals surface area contributed by atoms with Crippen LogP contribution in [0.4, 0.5) is 18.9 Å². The highest BCUT2D eigenvalue weighted by molar-refractivity contribution is 6.05. The third-order valence-corrected chi connectivity index (χ3v) is 8.28. The number of halogens is 3. The van der Waals surface area contributed by atoms with Crippen LogP contribution in [-0.2, 0) is 17.5 Å². The Morgan fingerprint density at radius 2 is 1.59 bits per heavy atom. The monoisotopic (exact) mass is 565 g/mol. The van der Waals surface area contributed by atoms with Crippen molar-refractivity contribution >= 4 is 17.5 Å². The van der Waals surface area contributed by atoms with Crippen LogP contribution in [0.1, 0.15) is 57.8 Å². The predicted octanol–water partition coefficient (Wildman–Crippen LogP) is 5.61. The van der Waals surface area contributed by atoms with E-state index in [0.29, 0.717) is 38.3 Å². The van der Waals surface area contributed by atoms with E-state index in [1.54, 1.807) is 12.1 Å². The van der Waals surface area contributed by atoms with Gasteiger partial charge in [-0.3, -0.25) is 14.5 Å². The first kappa shape index (κ1) is 28.8. The lowest BCUT2D eigenvalue weighted by molar-refractivity contribution is -0.140. The van der Waals surface area contributed by atoms with Crippen LogP contribution in [0.15, 0.2) is 72.8 Å². The van der Waals surface area contributed by atoms with Gasteiger partial charge in [0.1, 0.15) is 6.04 Å². The van der Waals surface area contributed by atoms with E-state index >= 15 is 0 Å². The molecule has 0 saturated carbocycles. The number of benzene rings is 3. The number of hydrogen-bond donors (Lipinski definition) is 2. The minimum atomic E-state index is -4.53. The third kappa shape index (κ3) is 6.47. The topological polar surface area (TPSA) is 72.9 Å².